The molecular weight excluding hydrogens is 438 g/mol. The third-order valence-corrected chi connectivity index (χ3v) is 7.59. The van der Waals surface area contributed by atoms with Crippen LogP contribution in [0.15, 0.2) is 101 Å². The Morgan fingerprint density at radius 3 is 1.75 bits per heavy atom. The molecule has 3 aromatic rings. The molecule has 0 unspecified atom stereocenters. The maximum atomic E-state index is 13.7. The van der Waals surface area contributed by atoms with E-state index in [1.54, 1.807) is 37.2 Å². The molecule has 0 saturated heterocycles. The second-order valence-electron chi connectivity index (χ2n) is 5.79. The molecule has 0 saturated carbocycles. The number of hydrogen-bond donors (Lipinski definition) is 0. The van der Waals surface area contributed by atoms with Gasteiger partial charge >= 0.3 is 172 Å². The van der Waals surface area contributed by atoms with Crippen LogP contribution in [0.25, 0.3) is 0 Å². The standard InChI is InChI=1S/C22H21O4PSe/c1-24-17-22(28-21-15-9-4-10-16-21)18-27(23,25-19-11-5-2-6-12-19)26-20-13-7-3-8-14-20/h2-16,18H,17H2,1H3/b22-18-. The van der Waals surface area contributed by atoms with E-state index in [4.69, 9.17) is 13.8 Å². The molecule has 0 N–H and O–H groups in total. The minimum absolute atomic E-state index is 0.0625. The van der Waals surface area contributed by atoms with E-state index in [-0.39, 0.29) is 15.0 Å². The predicted molar refractivity (Wildman–Crippen MR) is 114 cm³/mol. The van der Waals surface area contributed by atoms with Gasteiger partial charge in [0.15, 0.2) is 0 Å². The van der Waals surface area contributed by atoms with Crippen LogP contribution in [0.4, 0.5) is 0 Å². The summed E-state index contributed by atoms with van der Waals surface area (Å²) >= 11 is -0.0625. The van der Waals surface area contributed by atoms with Gasteiger partial charge in [-0.3, -0.25) is 0 Å². The van der Waals surface area contributed by atoms with Gasteiger partial charge in [-0.05, 0) is 0 Å². The van der Waals surface area contributed by atoms with Crippen molar-refractivity contribution in [3.05, 3.63) is 101 Å². The quantitative estimate of drug-likeness (QED) is 0.339. The van der Waals surface area contributed by atoms with E-state index in [1.807, 2.05) is 66.7 Å². The molecule has 0 aliphatic heterocycles. The summed E-state index contributed by atoms with van der Waals surface area (Å²) in [6, 6.07) is 28.1. The Hall–Kier alpha value is -2.29. The first-order valence-corrected chi connectivity index (χ1v) is 12.0. The Morgan fingerprint density at radius 2 is 1.29 bits per heavy atom. The van der Waals surface area contributed by atoms with E-state index < -0.39 is 7.60 Å². The van der Waals surface area contributed by atoms with Crippen LogP contribution in [-0.2, 0) is 9.30 Å². The van der Waals surface area contributed by atoms with Crippen molar-refractivity contribution in [2.24, 2.45) is 0 Å². The average molecular weight is 459 g/mol. The van der Waals surface area contributed by atoms with Crippen LogP contribution >= 0.6 is 7.60 Å². The van der Waals surface area contributed by atoms with Gasteiger partial charge in [-0.2, -0.15) is 0 Å². The van der Waals surface area contributed by atoms with Crippen molar-refractivity contribution in [3.8, 4) is 11.5 Å². The fourth-order valence-corrected chi connectivity index (χ4v) is 6.60. The second kappa shape index (κ2) is 10.3. The van der Waals surface area contributed by atoms with Crippen LogP contribution in [0.5, 0.6) is 11.5 Å². The Balaban J connectivity index is 1.92. The van der Waals surface area contributed by atoms with Gasteiger partial charge in [-0.25, -0.2) is 0 Å². The second-order valence-corrected chi connectivity index (χ2v) is 10.0. The molecule has 0 aliphatic carbocycles. The van der Waals surface area contributed by atoms with Gasteiger partial charge < -0.3 is 0 Å². The van der Waals surface area contributed by atoms with Crippen molar-refractivity contribution in [2.45, 2.75) is 0 Å². The van der Waals surface area contributed by atoms with Crippen molar-refractivity contribution in [2.75, 3.05) is 13.7 Å². The van der Waals surface area contributed by atoms with E-state index >= 15 is 0 Å². The summed E-state index contributed by atoms with van der Waals surface area (Å²) < 4.78 is 32.7. The third-order valence-electron chi connectivity index (χ3n) is 3.53. The zero-order chi connectivity index (χ0) is 19.7. The fourth-order valence-electron chi connectivity index (χ4n) is 2.38. The molecule has 0 radical (unpaired) electrons. The Morgan fingerprint density at radius 1 is 0.821 bits per heavy atom. The molecule has 0 aliphatic rings. The van der Waals surface area contributed by atoms with E-state index in [2.05, 4.69) is 0 Å². The molecule has 6 heteroatoms. The van der Waals surface area contributed by atoms with Gasteiger partial charge in [0.25, 0.3) is 0 Å². The molecule has 0 spiro atoms. The third kappa shape index (κ3) is 6.40. The van der Waals surface area contributed by atoms with Crippen LogP contribution < -0.4 is 13.5 Å². The molecule has 0 aromatic heterocycles. The zero-order valence-corrected chi connectivity index (χ0v) is 18.0. The average Bonchev–Trinajstić information content (AvgIpc) is 2.70. The summed E-state index contributed by atoms with van der Waals surface area (Å²) in [5.41, 5.74) is 0. The monoisotopic (exact) mass is 460 g/mol. The molecule has 0 atom stereocenters. The van der Waals surface area contributed by atoms with Gasteiger partial charge in [0.1, 0.15) is 0 Å². The Bertz CT molecular complexity index is 885. The van der Waals surface area contributed by atoms with Crippen molar-refractivity contribution in [1.29, 1.82) is 0 Å². The number of hydrogen-bond acceptors (Lipinski definition) is 4. The van der Waals surface area contributed by atoms with Crippen molar-refractivity contribution >= 4 is 27.0 Å². The number of para-hydroxylation sites is 2. The van der Waals surface area contributed by atoms with Gasteiger partial charge in [0.2, 0.25) is 0 Å². The number of benzene rings is 3. The van der Waals surface area contributed by atoms with Crippen molar-refractivity contribution < 1.29 is 18.3 Å². The van der Waals surface area contributed by atoms with Crippen LogP contribution in [0.2, 0.25) is 0 Å². The fraction of sp³-hybridized carbons (Fsp3) is 0.0909. The van der Waals surface area contributed by atoms with Gasteiger partial charge in [-0.15, -0.1) is 0 Å². The summed E-state index contributed by atoms with van der Waals surface area (Å²) in [5, 5.41) is 0. The number of rotatable bonds is 9. The summed E-state index contributed by atoms with van der Waals surface area (Å²) in [6.45, 7) is 0.356. The first kappa shape index (κ1) is 20.4. The molecule has 0 bridgehead atoms. The summed E-state index contributed by atoms with van der Waals surface area (Å²) in [4.78, 5) is 0. The SMILES string of the molecule is COC/C(=C/P(=O)(Oc1ccccc1)Oc1ccccc1)[Se]c1ccccc1. The molecular formula is C22H21O4PSe. The van der Waals surface area contributed by atoms with Gasteiger partial charge in [-0.1, -0.05) is 0 Å². The van der Waals surface area contributed by atoms with E-state index in [0.29, 0.717) is 18.1 Å². The molecule has 0 heterocycles. The van der Waals surface area contributed by atoms with Crippen LogP contribution in [0.1, 0.15) is 0 Å². The normalized spacial score (nSPS) is 11.8. The van der Waals surface area contributed by atoms with Gasteiger partial charge in [0, 0.05) is 0 Å². The first-order chi connectivity index (χ1) is 13.7. The van der Waals surface area contributed by atoms with Crippen molar-refractivity contribution in [3.63, 3.8) is 0 Å². The molecule has 0 amide bonds. The molecule has 28 heavy (non-hydrogen) atoms. The molecule has 3 aromatic carbocycles. The molecule has 0 fully saturated rings. The van der Waals surface area contributed by atoms with Crippen LogP contribution in [0, 0.1) is 0 Å². The van der Waals surface area contributed by atoms with Crippen LogP contribution in [0.3, 0.4) is 0 Å². The summed E-state index contributed by atoms with van der Waals surface area (Å²) in [6.07, 6.45) is 0. The maximum absolute atomic E-state index is 13.7. The first-order valence-electron chi connectivity index (χ1n) is 8.69. The Labute approximate surface area is 171 Å². The van der Waals surface area contributed by atoms with E-state index in [9.17, 15) is 4.57 Å². The number of ether oxygens (including phenoxy) is 1. The zero-order valence-electron chi connectivity index (χ0n) is 15.4. The summed E-state index contributed by atoms with van der Waals surface area (Å²) in [7, 11) is -1.99. The number of methoxy groups -OCH3 is 1. The molecule has 4 nitrogen and oxygen atoms in total. The predicted octanol–water partition coefficient (Wildman–Crippen LogP) is 4.86. The topological polar surface area (TPSA) is 44.8 Å². The molecule has 144 valence electrons. The summed E-state index contributed by atoms with van der Waals surface area (Å²) in [5.74, 6) is 2.58. The van der Waals surface area contributed by atoms with E-state index in [0.717, 1.165) is 8.93 Å². The van der Waals surface area contributed by atoms with E-state index in [1.165, 1.54) is 0 Å². The Kier molecular flexibility index (Phi) is 7.53. The molecule has 3 rings (SSSR count). The minimum atomic E-state index is -3.61. The van der Waals surface area contributed by atoms with Crippen LogP contribution in [-0.4, -0.2) is 28.7 Å². The van der Waals surface area contributed by atoms with Crippen molar-refractivity contribution in [1.82, 2.24) is 0 Å². The van der Waals surface area contributed by atoms with Gasteiger partial charge in [0.05, 0.1) is 0 Å².